The van der Waals surface area contributed by atoms with Crippen LogP contribution in [-0.2, 0) is 9.59 Å². The fraction of sp³-hybridized carbons (Fsp3) is 0.467. The van der Waals surface area contributed by atoms with Crippen molar-refractivity contribution in [1.29, 1.82) is 0 Å². The van der Waals surface area contributed by atoms with Crippen LogP contribution in [0, 0.1) is 0 Å². The maximum atomic E-state index is 11.6. The summed E-state index contributed by atoms with van der Waals surface area (Å²) in [4.78, 5) is 30.6. The first kappa shape index (κ1) is 20.4. The van der Waals surface area contributed by atoms with E-state index in [1.165, 1.54) is 0 Å². The molecule has 8 nitrogen and oxygen atoms in total. The number of nitrogens with zero attached hydrogens (tertiary/aromatic N) is 2. The highest BCUT2D eigenvalue weighted by atomic mass is 16.2. The number of aliphatic imine (C=N–C) groups is 2. The molecule has 0 aromatic rings. The smallest absolute Gasteiger partial charge is 0.229 e. The van der Waals surface area contributed by atoms with Gasteiger partial charge < -0.3 is 21.3 Å². The Labute approximate surface area is 137 Å². The molecule has 0 bridgehead atoms. The van der Waals surface area contributed by atoms with Crippen LogP contribution in [0.2, 0.25) is 0 Å². The van der Waals surface area contributed by atoms with Gasteiger partial charge in [0, 0.05) is 63.8 Å². The third kappa shape index (κ3) is 10.7. The van der Waals surface area contributed by atoms with Gasteiger partial charge in [0.05, 0.1) is 0 Å². The average molecular weight is 322 g/mol. The van der Waals surface area contributed by atoms with Crippen LogP contribution in [0.1, 0.15) is 19.3 Å². The van der Waals surface area contributed by atoms with E-state index in [1.54, 1.807) is 26.5 Å². The summed E-state index contributed by atoms with van der Waals surface area (Å²) in [6, 6.07) is 0. The van der Waals surface area contributed by atoms with Gasteiger partial charge in [0.15, 0.2) is 0 Å². The molecule has 0 unspecified atom stereocenters. The molecule has 0 spiro atoms. The number of carbonyl (C=O) groups excluding carboxylic acids is 2. The van der Waals surface area contributed by atoms with E-state index in [0.717, 1.165) is 11.4 Å². The van der Waals surface area contributed by atoms with E-state index in [0.29, 0.717) is 25.9 Å². The summed E-state index contributed by atoms with van der Waals surface area (Å²) in [7, 11) is 3.53. The Bertz CT molecular complexity index is 429. The summed E-state index contributed by atoms with van der Waals surface area (Å²) < 4.78 is 0. The summed E-state index contributed by atoms with van der Waals surface area (Å²) >= 11 is 0. The quantitative estimate of drug-likeness (QED) is 0.297. The zero-order valence-electron chi connectivity index (χ0n) is 13.8. The van der Waals surface area contributed by atoms with Crippen LogP contribution in [0.15, 0.2) is 33.8 Å². The van der Waals surface area contributed by atoms with Gasteiger partial charge in [0.2, 0.25) is 11.8 Å². The second kappa shape index (κ2) is 13.1. The standard InChI is InChI=1S/C15H26N6O2/c1-16-10-12(18-3)5-7-20-14(22)9-15(23)21-8-6-13(19-4)11-17-2/h10-11,18-19H,1-2,5-9H2,3-4H3,(H,20,22)(H,21,23)/b12-10-,13-11-. The number of rotatable bonds is 12. The Hall–Kier alpha value is -2.64. The van der Waals surface area contributed by atoms with Crippen molar-refractivity contribution < 1.29 is 9.59 Å². The third-order valence-corrected chi connectivity index (χ3v) is 2.89. The van der Waals surface area contributed by atoms with Gasteiger partial charge in [-0.25, -0.2) is 0 Å². The summed E-state index contributed by atoms with van der Waals surface area (Å²) in [6.45, 7) is 7.58. The molecule has 128 valence electrons. The minimum absolute atomic E-state index is 0.198. The van der Waals surface area contributed by atoms with Crippen molar-refractivity contribution in [1.82, 2.24) is 21.3 Å². The van der Waals surface area contributed by atoms with Crippen LogP contribution in [0.4, 0.5) is 0 Å². The number of carbonyl (C=O) groups is 2. The molecule has 0 aliphatic rings. The molecule has 0 aliphatic heterocycles. The molecular weight excluding hydrogens is 296 g/mol. The number of hydrogen-bond donors (Lipinski definition) is 4. The molecule has 2 amide bonds. The maximum Gasteiger partial charge on any atom is 0.229 e. The lowest BCUT2D eigenvalue weighted by Gasteiger charge is -2.09. The molecule has 0 radical (unpaired) electrons. The van der Waals surface area contributed by atoms with E-state index >= 15 is 0 Å². The molecule has 0 aliphatic carbocycles. The number of hydrogen-bond acceptors (Lipinski definition) is 6. The van der Waals surface area contributed by atoms with Gasteiger partial charge in [-0.3, -0.25) is 19.6 Å². The van der Waals surface area contributed by atoms with Gasteiger partial charge in [-0.2, -0.15) is 0 Å². The molecule has 0 atom stereocenters. The molecule has 8 heteroatoms. The van der Waals surface area contributed by atoms with E-state index < -0.39 is 0 Å². The van der Waals surface area contributed by atoms with Gasteiger partial charge >= 0.3 is 0 Å². The van der Waals surface area contributed by atoms with E-state index in [2.05, 4.69) is 44.7 Å². The van der Waals surface area contributed by atoms with Gasteiger partial charge in [-0.15, -0.1) is 0 Å². The van der Waals surface area contributed by atoms with Crippen molar-refractivity contribution in [2.45, 2.75) is 19.3 Å². The molecule has 0 saturated carbocycles. The lowest BCUT2D eigenvalue weighted by Crippen LogP contribution is -2.33. The minimum Gasteiger partial charge on any atom is -0.390 e. The lowest BCUT2D eigenvalue weighted by atomic mass is 10.3. The Morgan fingerprint density at radius 3 is 1.57 bits per heavy atom. The molecule has 0 heterocycles. The largest absolute Gasteiger partial charge is 0.390 e. The molecule has 0 saturated heterocycles. The van der Waals surface area contributed by atoms with Crippen molar-refractivity contribution in [3.05, 3.63) is 23.8 Å². The van der Waals surface area contributed by atoms with E-state index in [1.807, 2.05) is 0 Å². The highest BCUT2D eigenvalue weighted by Crippen LogP contribution is 1.96. The maximum absolute atomic E-state index is 11.6. The molecule has 0 fully saturated rings. The lowest BCUT2D eigenvalue weighted by molar-refractivity contribution is -0.129. The van der Waals surface area contributed by atoms with Gasteiger partial charge in [0.25, 0.3) is 0 Å². The normalized spacial score (nSPS) is 11.4. The zero-order valence-corrected chi connectivity index (χ0v) is 13.8. The zero-order chi connectivity index (χ0) is 17.5. The molecular formula is C15H26N6O2. The minimum atomic E-state index is -0.318. The molecule has 0 aromatic carbocycles. The fourth-order valence-corrected chi connectivity index (χ4v) is 1.67. The van der Waals surface area contributed by atoms with Crippen molar-refractivity contribution in [2.24, 2.45) is 9.98 Å². The van der Waals surface area contributed by atoms with Crippen LogP contribution in [-0.4, -0.2) is 52.4 Å². The van der Waals surface area contributed by atoms with Crippen LogP contribution in [0.25, 0.3) is 0 Å². The Morgan fingerprint density at radius 1 is 0.870 bits per heavy atom. The summed E-state index contributed by atoms with van der Waals surface area (Å²) in [5.41, 5.74) is 1.71. The Kier molecular flexibility index (Phi) is 11.6. The summed E-state index contributed by atoms with van der Waals surface area (Å²) in [5, 5.41) is 11.2. The number of nitrogens with one attached hydrogen (secondary N) is 4. The topological polar surface area (TPSA) is 107 Å². The summed E-state index contributed by atoms with van der Waals surface area (Å²) in [6.07, 6.45) is 4.16. The van der Waals surface area contributed by atoms with Crippen LogP contribution in [0.3, 0.4) is 0 Å². The van der Waals surface area contributed by atoms with Crippen LogP contribution < -0.4 is 21.3 Å². The van der Waals surface area contributed by atoms with Gasteiger partial charge in [0.1, 0.15) is 6.42 Å². The molecule has 23 heavy (non-hydrogen) atoms. The number of amides is 2. The predicted octanol–water partition coefficient (Wildman–Crippen LogP) is -0.0881. The van der Waals surface area contributed by atoms with Crippen LogP contribution >= 0.6 is 0 Å². The van der Waals surface area contributed by atoms with Gasteiger partial charge in [-0.1, -0.05) is 0 Å². The SMILES string of the molecule is C=N/C=C(/CCNC(=O)CC(=O)NCC/C(=C/N=C)NC)NC. The second-order valence-electron chi connectivity index (χ2n) is 4.55. The molecule has 0 aromatic heterocycles. The average Bonchev–Trinajstić information content (AvgIpc) is 2.53. The second-order valence-corrected chi connectivity index (χ2v) is 4.55. The van der Waals surface area contributed by atoms with Crippen molar-refractivity contribution >= 4 is 25.2 Å². The molecule has 0 rings (SSSR count). The first-order chi connectivity index (χ1) is 11.1. The van der Waals surface area contributed by atoms with Crippen molar-refractivity contribution in [3.63, 3.8) is 0 Å². The monoisotopic (exact) mass is 322 g/mol. The summed E-state index contributed by atoms with van der Waals surface area (Å²) in [5.74, 6) is -0.636. The van der Waals surface area contributed by atoms with E-state index in [9.17, 15) is 9.59 Å². The van der Waals surface area contributed by atoms with Crippen molar-refractivity contribution in [3.8, 4) is 0 Å². The first-order valence-electron chi connectivity index (χ1n) is 7.26. The fourth-order valence-electron chi connectivity index (χ4n) is 1.67. The Morgan fingerprint density at radius 2 is 1.26 bits per heavy atom. The van der Waals surface area contributed by atoms with Gasteiger partial charge in [-0.05, 0) is 13.4 Å². The highest BCUT2D eigenvalue weighted by Gasteiger charge is 2.08. The first-order valence-corrected chi connectivity index (χ1v) is 7.26. The molecule has 4 N–H and O–H groups in total. The predicted molar refractivity (Wildman–Crippen MR) is 93.3 cm³/mol. The Balaban J connectivity index is 3.96. The highest BCUT2D eigenvalue weighted by molar-refractivity contribution is 5.96. The van der Waals surface area contributed by atoms with E-state index in [-0.39, 0.29) is 18.2 Å². The van der Waals surface area contributed by atoms with E-state index in [4.69, 9.17) is 0 Å². The van der Waals surface area contributed by atoms with Crippen molar-refractivity contribution in [2.75, 3.05) is 27.2 Å². The third-order valence-electron chi connectivity index (χ3n) is 2.89. The van der Waals surface area contributed by atoms with Crippen LogP contribution in [0.5, 0.6) is 0 Å².